The number of H-pyrrole nitrogens is 1. The molecular weight excluding hydrogens is 230 g/mol. The Morgan fingerprint density at radius 3 is 2.59 bits per heavy atom. The summed E-state index contributed by atoms with van der Waals surface area (Å²) in [5, 5.41) is 0. The van der Waals surface area contributed by atoms with Crippen LogP contribution in [-0.2, 0) is 5.75 Å². The van der Waals surface area contributed by atoms with Crippen LogP contribution in [-0.4, -0.2) is 4.98 Å². The number of hydrogen-bond donors (Lipinski definition) is 2. The predicted octanol–water partition coefficient (Wildman–Crippen LogP) is 3.09. The van der Waals surface area contributed by atoms with E-state index in [1.807, 2.05) is 26.0 Å². The van der Waals surface area contributed by atoms with Gasteiger partial charge in [-0.2, -0.15) is 12.6 Å². The van der Waals surface area contributed by atoms with Gasteiger partial charge in [-0.1, -0.05) is 23.8 Å². The molecule has 0 aliphatic carbocycles. The van der Waals surface area contributed by atoms with Gasteiger partial charge in [-0.3, -0.25) is 4.79 Å². The van der Waals surface area contributed by atoms with Crippen LogP contribution < -0.4 is 5.56 Å². The third-order valence-electron chi connectivity index (χ3n) is 2.84. The van der Waals surface area contributed by atoms with Gasteiger partial charge in [-0.15, -0.1) is 0 Å². The molecule has 1 aromatic heterocycles. The SMILES string of the molecule is Cc1ccc(C)c(-c2ccc(CS)c(=O)[nH]2)c1. The molecular formula is C14H15NOS. The Morgan fingerprint density at radius 2 is 1.94 bits per heavy atom. The first-order valence-electron chi connectivity index (χ1n) is 5.52. The van der Waals surface area contributed by atoms with Crippen LogP contribution in [0, 0.1) is 13.8 Å². The summed E-state index contributed by atoms with van der Waals surface area (Å²) in [7, 11) is 0. The Labute approximate surface area is 106 Å². The number of thiol groups is 1. The average molecular weight is 245 g/mol. The summed E-state index contributed by atoms with van der Waals surface area (Å²) in [6.07, 6.45) is 0. The summed E-state index contributed by atoms with van der Waals surface area (Å²) in [6.45, 7) is 4.09. The smallest absolute Gasteiger partial charge is 0.252 e. The van der Waals surface area contributed by atoms with E-state index in [-0.39, 0.29) is 5.56 Å². The molecule has 1 heterocycles. The van der Waals surface area contributed by atoms with E-state index in [9.17, 15) is 4.79 Å². The molecule has 2 nitrogen and oxygen atoms in total. The van der Waals surface area contributed by atoms with Crippen molar-refractivity contribution in [1.82, 2.24) is 4.98 Å². The molecule has 0 unspecified atom stereocenters. The molecule has 17 heavy (non-hydrogen) atoms. The molecule has 0 fully saturated rings. The third-order valence-corrected chi connectivity index (χ3v) is 3.19. The number of hydrogen-bond acceptors (Lipinski definition) is 2. The van der Waals surface area contributed by atoms with Crippen LogP contribution >= 0.6 is 12.6 Å². The maximum atomic E-state index is 11.7. The minimum atomic E-state index is -0.0570. The van der Waals surface area contributed by atoms with Gasteiger partial charge < -0.3 is 4.98 Å². The second kappa shape index (κ2) is 4.80. The van der Waals surface area contributed by atoms with Crippen LogP contribution in [0.25, 0.3) is 11.3 Å². The van der Waals surface area contributed by atoms with Gasteiger partial charge >= 0.3 is 0 Å². The van der Waals surface area contributed by atoms with E-state index in [4.69, 9.17) is 0 Å². The van der Waals surface area contributed by atoms with E-state index in [0.29, 0.717) is 11.3 Å². The summed E-state index contributed by atoms with van der Waals surface area (Å²) >= 11 is 4.12. The summed E-state index contributed by atoms with van der Waals surface area (Å²) in [5.41, 5.74) is 4.92. The van der Waals surface area contributed by atoms with E-state index in [1.54, 1.807) is 0 Å². The molecule has 2 aromatic rings. The zero-order valence-electron chi connectivity index (χ0n) is 9.95. The van der Waals surface area contributed by atoms with Gasteiger partial charge in [0, 0.05) is 22.6 Å². The molecule has 2 rings (SSSR count). The van der Waals surface area contributed by atoms with Gasteiger partial charge in [-0.05, 0) is 31.5 Å². The highest BCUT2D eigenvalue weighted by molar-refractivity contribution is 7.79. The summed E-state index contributed by atoms with van der Waals surface area (Å²) in [6, 6.07) is 9.99. The van der Waals surface area contributed by atoms with Crippen LogP contribution in [0.4, 0.5) is 0 Å². The first kappa shape index (κ1) is 12.0. The fourth-order valence-corrected chi connectivity index (χ4v) is 2.06. The second-order valence-electron chi connectivity index (χ2n) is 4.20. The van der Waals surface area contributed by atoms with Gasteiger partial charge in [0.2, 0.25) is 0 Å². The van der Waals surface area contributed by atoms with Crippen LogP contribution in [0.3, 0.4) is 0 Å². The van der Waals surface area contributed by atoms with Crippen molar-refractivity contribution in [3.05, 3.63) is 57.4 Å². The summed E-state index contributed by atoms with van der Waals surface area (Å²) in [5.74, 6) is 0.461. The molecule has 0 aliphatic heterocycles. The predicted molar refractivity (Wildman–Crippen MR) is 74.7 cm³/mol. The van der Waals surface area contributed by atoms with Crippen molar-refractivity contribution in [1.29, 1.82) is 0 Å². The van der Waals surface area contributed by atoms with E-state index in [2.05, 4.69) is 35.8 Å². The molecule has 0 radical (unpaired) electrons. The van der Waals surface area contributed by atoms with Crippen molar-refractivity contribution < 1.29 is 0 Å². The van der Waals surface area contributed by atoms with E-state index < -0.39 is 0 Å². The monoisotopic (exact) mass is 245 g/mol. The van der Waals surface area contributed by atoms with Crippen molar-refractivity contribution in [2.45, 2.75) is 19.6 Å². The molecule has 0 saturated heterocycles. The molecule has 0 aliphatic rings. The highest BCUT2D eigenvalue weighted by Gasteiger charge is 2.05. The number of pyridine rings is 1. The first-order valence-corrected chi connectivity index (χ1v) is 6.16. The van der Waals surface area contributed by atoms with Crippen molar-refractivity contribution in [2.24, 2.45) is 0 Å². The molecule has 1 aromatic carbocycles. The van der Waals surface area contributed by atoms with Gasteiger partial charge in [0.25, 0.3) is 5.56 Å². The standard InChI is InChI=1S/C14H15NOS/c1-9-3-4-10(2)12(7-9)13-6-5-11(8-17)14(16)15-13/h3-7,17H,8H2,1-2H3,(H,15,16). The Kier molecular flexibility index (Phi) is 3.38. The molecule has 3 heteroatoms. The Balaban J connectivity index is 2.57. The molecule has 0 spiro atoms. The normalized spacial score (nSPS) is 10.5. The Bertz CT molecular complexity index is 601. The molecule has 88 valence electrons. The van der Waals surface area contributed by atoms with Gasteiger partial charge in [0.15, 0.2) is 0 Å². The van der Waals surface area contributed by atoms with Crippen LogP contribution in [0.2, 0.25) is 0 Å². The highest BCUT2D eigenvalue weighted by atomic mass is 32.1. The molecule has 1 N–H and O–H groups in total. The van der Waals surface area contributed by atoms with E-state index in [1.165, 1.54) is 5.56 Å². The Morgan fingerprint density at radius 1 is 1.18 bits per heavy atom. The molecule has 0 atom stereocenters. The fraction of sp³-hybridized carbons (Fsp3) is 0.214. The fourth-order valence-electron chi connectivity index (χ4n) is 1.81. The van der Waals surface area contributed by atoms with Crippen molar-refractivity contribution >= 4 is 12.6 Å². The van der Waals surface area contributed by atoms with Crippen LogP contribution in [0.15, 0.2) is 35.1 Å². The largest absolute Gasteiger partial charge is 0.322 e. The Hall–Kier alpha value is -1.48. The maximum Gasteiger partial charge on any atom is 0.252 e. The lowest BCUT2D eigenvalue weighted by Gasteiger charge is -2.07. The number of rotatable bonds is 2. The minimum Gasteiger partial charge on any atom is -0.322 e. The number of benzene rings is 1. The zero-order chi connectivity index (χ0) is 12.4. The second-order valence-corrected chi connectivity index (χ2v) is 4.52. The highest BCUT2D eigenvalue weighted by Crippen LogP contribution is 2.21. The zero-order valence-corrected chi connectivity index (χ0v) is 10.8. The van der Waals surface area contributed by atoms with Crippen molar-refractivity contribution in [2.75, 3.05) is 0 Å². The van der Waals surface area contributed by atoms with Crippen LogP contribution in [0.5, 0.6) is 0 Å². The lowest BCUT2D eigenvalue weighted by Crippen LogP contribution is -2.11. The van der Waals surface area contributed by atoms with Gasteiger partial charge in [0.05, 0.1) is 0 Å². The number of aryl methyl sites for hydroxylation is 2. The summed E-state index contributed by atoms with van der Waals surface area (Å²) in [4.78, 5) is 14.6. The van der Waals surface area contributed by atoms with Gasteiger partial charge in [0.1, 0.15) is 0 Å². The number of nitrogens with one attached hydrogen (secondary N) is 1. The topological polar surface area (TPSA) is 32.9 Å². The average Bonchev–Trinajstić information content (AvgIpc) is 2.32. The quantitative estimate of drug-likeness (QED) is 0.783. The molecule has 0 amide bonds. The van der Waals surface area contributed by atoms with Gasteiger partial charge in [-0.25, -0.2) is 0 Å². The lowest BCUT2D eigenvalue weighted by atomic mass is 10.0. The minimum absolute atomic E-state index is 0.0570. The molecule has 0 saturated carbocycles. The first-order chi connectivity index (χ1) is 8.11. The third kappa shape index (κ3) is 2.44. The maximum absolute atomic E-state index is 11.7. The number of aromatic amines is 1. The van der Waals surface area contributed by atoms with Crippen LogP contribution in [0.1, 0.15) is 16.7 Å². The lowest BCUT2D eigenvalue weighted by molar-refractivity contribution is 1.17. The van der Waals surface area contributed by atoms with E-state index in [0.717, 1.165) is 16.8 Å². The summed E-state index contributed by atoms with van der Waals surface area (Å²) < 4.78 is 0. The van der Waals surface area contributed by atoms with Crippen molar-refractivity contribution in [3.63, 3.8) is 0 Å². The van der Waals surface area contributed by atoms with E-state index >= 15 is 0 Å². The van der Waals surface area contributed by atoms with Crippen molar-refractivity contribution in [3.8, 4) is 11.3 Å². The molecule has 0 bridgehead atoms. The number of aromatic nitrogens is 1.